The molecule has 0 atom stereocenters. The smallest absolute Gasteiger partial charge is 0.337 e. The van der Waals surface area contributed by atoms with Crippen LogP contribution in [0.15, 0.2) is 18.2 Å². The van der Waals surface area contributed by atoms with Gasteiger partial charge in [-0.05, 0) is 56.6 Å². The van der Waals surface area contributed by atoms with Crippen LogP contribution in [0.3, 0.4) is 0 Å². The summed E-state index contributed by atoms with van der Waals surface area (Å²) in [4.78, 5) is 26.2. The van der Waals surface area contributed by atoms with Gasteiger partial charge in [0.25, 0.3) is 5.91 Å². The van der Waals surface area contributed by atoms with Gasteiger partial charge in [-0.1, -0.05) is 6.42 Å². The third kappa shape index (κ3) is 4.56. The number of amides is 1. The van der Waals surface area contributed by atoms with Crippen LogP contribution in [0.25, 0.3) is 0 Å². The van der Waals surface area contributed by atoms with E-state index in [1.54, 1.807) is 18.2 Å². The first kappa shape index (κ1) is 16.5. The number of aryl methyl sites for hydroxylation is 1. The van der Waals surface area contributed by atoms with Gasteiger partial charge in [-0.3, -0.25) is 4.79 Å². The molecule has 120 valence electrons. The van der Waals surface area contributed by atoms with E-state index in [0.29, 0.717) is 17.7 Å². The Labute approximate surface area is 131 Å². The molecule has 0 aromatic heterocycles. The van der Waals surface area contributed by atoms with Crippen LogP contribution in [0.5, 0.6) is 0 Å². The number of rotatable bonds is 5. The van der Waals surface area contributed by atoms with Gasteiger partial charge in [0.1, 0.15) is 0 Å². The Balaban J connectivity index is 1.91. The number of benzene rings is 1. The molecule has 0 unspecified atom stereocenters. The number of carbonyl (C=O) groups excluding carboxylic acids is 2. The molecule has 1 aliphatic heterocycles. The molecular weight excluding hydrogens is 280 g/mol. The summed E-state index contributed by atoms with van der Waals surface area (Å²) < 4.78 is 4.71. The summed E-state index contributed by atoms with van der Waals surface area (Å²) in [5.74, 6) is -0.572. The normalized spacial score (nSPS) is 15.4. The zero-order valence-electron chi connectivity index (χ0n) is 13.4. The quantitative estimate of drug-likeness (QED) is 0.845. The Kier molecular flexibility index (Phi) is 5.95. The fourth-order valence-corrected chi connectivity index (χ4v) is 2.76. The number of methoxy groups -OCH3 is 1. The summed E-state index contributed by atoms with van der Waals surface area (Å²) >= 11 is 0. The minimum atomic E-state index is -0.425. The van der Waals surface area contributed by atoms with Gasteiger partial charge in [0.05, 0.1) is 12.7 Å². The third-order valence-corrected chi connectivity index (χ3v) is 3.92. The zero-order valence-corrected chi connectivity index (χ0v) is 13.4. The fraction of sp³-hybridized carbons (Fsp3) is 0.529. The zero-order chi connectivity index (χ0) is 15.9. The van der Waals surface area contributed by atoms with Gasteiger partial charge < -0.3 is 15.0 Å². The number of nitrogens with zero attached hydrogens (tertiary/aromatic N) is 1. The number of esters is 1. The number of hydrogen-bond donors (Lipinski definition) is 1. The monoisotopic (exact) mass is 304 g/mol. The largest absolute Gasteiger partial charge is 0.465 e. The molecule has 0 radical (unpaired) electrons. The SMILES string of the molecule is COC(=O)c1cc(C)cc(C(=O)NCCN2CCCCC2)c1. The van der Waals surface area contributed by atoms with Crippen molar-refractivity contribution in [1.82, 2.24) is 10.2 Å². The first-order valence-electron chi connectivity index (χ1n) is 7.80. The number of likely N-dealkylation sites (tertiary alicyclic amines) is 1. The first-order chi connectivity index (χ1) is 10.6. The van der Waals surface area contributed by atoms with Gasteiger partial charge >= 0.3 is 5.97 Å². The highest BCUT2D eigenvalue weighted by atomic mass is 16.5. The van der Waals surface area contributed by atoms with E-state index in [2.05, 4.69) is 10.2 Å². The molecule has 0 spiro atoms. The predicted octanol–water partition coefficient (Wildman–Crippen LogP) is 2.00. The van der Waals surface area contributed by atoms with Gasteiger partial charge in [0.15, 0.2) is 0 Å². The maximum atomic E-state index is 12.2. The third-order valence-electron chi connectivity index (χ3n) is 3.92. The van der Waals surface area contributed by atoms with Crippen molar-refractivity contribution < 1.29 is 14.3 Å². The van der Waals surface area contributed by atoms with Crippen LogP contribution >= 0.6 is 0 Å². The van der Waals surface area contributed by atoms with Crippen molar-refractivity contribution in [3.63, 3.8) is 0 Å². The first-order valence-corrected chi connectivity index (χ1v) is 7.80. The Morgan fingerprint density at radius 3 is 2.50 bits per heavy atom. The molecular formula is C17H24N2O3. The van der Waals surface area contributed by atoms with Crippen LogP contribution in [0.1, 0.15) is 45.5 Å². The molecule has 22 heavy (non-hydrogen) atoms. The summed E-state index contributed by atoms with van der Waals surface area (Å²) in [7, 11) is 1.34. The topological polar surface area (TPSA) is 58.6 Å². The number of hydrogen-bond acceptors (Lipinski definition) is 4. The number of ether oxygens (including phenoxy) is 1. The molecule has 1 aromatic rings. The lowest BCUT2D eigenvalue weighted by molar-refractivity contribution is 0.0600. The van der Waals surface area contributed by atoms with E-state index in [1.165, 1.54) is 26.4 Å². The molecule has 2 rings (SSSR count). The van der Waals surface area contributed by atoms with Gasteiger partial charge in [-0.15, -0.1) is 0 Å². The second-order valence-electron chi connectivity index (χ2n) is 5.74. The molecule has 1 N–H and O–H groups in total. The van der Waals surface area contributed by atoms with Gasteiger partial charge in [0.2, 0.25) is 0 Å². The van der Waals surface area contributed by atoms with Crippen LogP contribution in [-0.2, 0) is 4.74 Å². The van der Waals surface area contributed by atoms with Crippen molar-refractivity contribution in [2.75, 3.05) is 33.3 Å². The molecule has 1 aromatic carbocycles. The van der Waals surface area contributed by atoms with E-state index < -0.39 is 5.97 Å². The number of piperidine rings is 1. The Bertz CT molecular complexity index is 537. The van der Waals surface area contributed by atoms with Crippen LogP contribution in [0.4, 0.5) is 0 Å². The highest BCUT2D eigenvalue weighted by Crippen LogP contribution is 2.11. The van der Waals surface area contributed by atoms with Crippen LogP contribution in [-0.4, -0.2) is 50.1 Å². The Hall–Kier alpha value is -1.88. The molecule has 0 aliphatic carbocycles. The van der Waals surface area contributed by atoms with Crippen molar-refractivity contribution in [2.45, 2.75) is 26.2 Å². The summed E-state index contributed by atoms with van der Waals surface area (Å²) in [5, 5.41) is 2.92. The molecule has 1 aliphatic rings. The second kappa shape index (κ2) is 7.94. The molecule has 1 heterocycles. The second-order valence-corrected chi connectivity index (χ2v) is 5.74. The molecule has 1 amide bonds. The van der Waals surface area contributed by atoms with Crippen molar-refractivity contribution in [1.29, 1.82) is 0 Å². The van der Waals surface area contributed by atoms with Crippen molar-refractivity contribution in [3.05, 3.63) is 34.9 Å². The molecule has 5 nitrogen and oxygen atoms in total. The van der Waals surface area contributed by atoms with Crippen molar-refractivity contribution >= 4 is 11.9 Å². The van der Waals surface area contributed by atoms with Crippen molar-refractivity contribution in [3.8, 4) is 0 Å². The summed E-state index contributed by atoms with van der Waals surface area (Å²) in [6, 6.07) is 5.08. The van der Waals surface area contributed by atoms with Gasteiger partial charge in [-0.25, -0.2) is 4.79 Å². The average Bonchev–Trinajstić information content (AvgIpc) is 2.54. The van der Waals surface area contributed by atoms with Crippen LogP contribution in [0, 0.1) is 6.92 Å². The molecule has 1 saturated heterocycles. The average molecular weight is 304 g/mol. The number of carbonyl (C=O) groups is 2. The minimum absolute atomic E-state index is 0.147. The standard InChI is InChI=1S/C17H24N2O3/c1-13-10-14(12-15(11-13)17(21)22-2)16(20)18-6-9-19-7-4-3-5-8-19/h10-12H,3-9H2,1-2H3,(H,18,20). The van der Waals surface area contributed by atoms with E-state index in [9.17, 15) is 9.59 Å². The predicted molar refractivity (Wildman–Crippen MR) is 85.1 cm³/mol. The fourth-order valence-electron chi connectivity index (χ4n) is 2.76. The van der Waals surface area contributed by atoms with E-state index in [4.69, 9.17) is 4.74 Å². The lowest BCUT2D eigenvalue weighted by atomic mass is 10.1. The summed E-state index contributed by atoms with van der Waals surface area (Å²) in [6.45, 7) is 5.60. The Morgan fingerprint density at radius 1 is 1.14 bits per heavy atom. The minimum Gasteiger partial charge on any atom is -0.465 e. The van der Waals surface area contributed by atoms with E-state index >= 15 is 0 Å². The van der Waals surface area contributed by atoms with Crippen LogP contribution in [0.2, 0.25) is 0 Å². The molecule has 1 fully saturated rings. The lowest BCUT2D eigenvalue weighted by Crippen LogP contribution is -2.37. The Morgan fingerprint density at radius 2 is 1.82 bits per heavy atom. The van der Waals surface area contributed by atoms with E-state index in [1.807, 2.05) is 6.92 Å². The molecule has 0 bridgehead atoms. The molecule has 5 heteroatoms. The highest BCUT2D eigenvalue weighted by Gasteiger charge is 2.13. The van der Waals surface area contributed by atoms with Gasteiger partial charge in [-0.2, -0.15) is 0 Å². The summed E-state index contributed by atoms with van der Waals surface area (Å²) in [5.41, 5.74) is 1.77. The number of nitrogens with one attached hydrogen (secondary N) is 1. The van der Waals surface area contributed by atoms with Crippen molar-refractivity contribution in [2.24, 2.45) is 0 Å². The maximum Gasteiger partial charge on any atom is 0.337 e. The van der Waals surface area contributed by atoms with Gasteiger partial charge in [0, 0.05) is 18.7 Å². The lowest BCUT2D eigenvalue weighted by Gasteiger charge is -2.26. The highest BCUT2D eigenvalue weighted by molar-refractivity contribution is 5.98. The summed E-state index contributed by atoms with van der Waals surface area (Å²) in [6.07, 6.45) is 3.80. The maximum absolute atomic E-state index is 12.2. The molecule has 0 saturated carbocycles. The van der Waals surface area contributed by atoms with Crippen LogP contribution < -0.4 is 5.32 Å². The van der Waals surface area contributed by atoms with E-state index in [-0.39, 0.29) is 5.91 Å². The van der Waals surface area contributed by atoms with E-state index in [0.717, 1.165) is 25.2 Å².